The highest BCUT2D eigenvalue weighted by molar-refractivity contribution is 5.76. The van der Waals surface area contributed by atoms with Crippen molar-refractivity contribution in [2.75, 3.05) is 13.1 Å². The average molecular weight is 574 g/mol. The molecule has 1 aromatic heterocycles. The lowest BCUT2D eigenvalue weighted by molar-refractivity contribution is -0.139. The standard InChI is InChI=1S/C31H25F6NO3/c32-30(33,34)26-5-1-3-7-28(26)40-18-22-16-25(21-11-14-39-17-21)23(15-24(22)20-9-12-38-13-10-20)19-41-29-8-4-2-6-27(29)31(35,36)37/h1-9,11,14-17,38H,10,12-13,18-19H2. The van der Waals surface area contributed by atoms with Gasteiger partial charge >= 0.3 is 12.4 Å². The van der Waals surface area contributed by atoms with Crippen molar-refractivity contribution in [1.82, 2.24) is 5.32 Å². The third-order valence-corrected chi connectivity index (χ3v) is 6.72. The summed E-state index contributed by atoms with van der Waals surface area (Å²) in [7, 11) is 0. The van der Waals surface area contributed by atoms with Gasteiger partial charge < -0.3 is 19.2 Å². The van der Waals surface area contributed by atoms with Gasteiger partial charge in [-0.1, -0.05) is 30.3 Å². The summed E-state index contributed by atoms with van der Waals surface area (Å²) < 4.78 is 98.2. The first-order valence-electron chi connectivity index (χ1n) is 12.8. The summed E-state index contributed by atoms with van der Waals surface area (Å²) in [4.78, 5) is 0. The fraction of sp³-hybridized carbons (Fsp3) is 0.226. The van der Waals surface area contributed by atoms with Crippen molar-refractivity contribution in [1.29, 1.82) is 0 Å². The molecule has 3 aromatic carbocycles. The van der Waals surface area contributed by atoms with Gasteiger partial charge in [0.05, 0.1) is 23.7 Å². The Labute approximate surface area is 232 Å². The maximum absolute atomic E-state index is 13.6. The monoisotopic (exact) mass is 573 g/mol. The van der Waals surface area contributed by atoms with E-state index < -0.39 is 23.5 Å². The fourth-order valence-electron chi connectivity index (χ4n) is 4.75. The van der Waals surface area contributed by atoms with Crippen LogP contribution in [0.3, 0.4) is 0 Å². The van der Waals surface area contributed by atoms with E-state index >= 15 is 0 Å². The largest absolute Gasteiger partial charge is 0.488 e. The molecule has 214 valence electrons. The SMILES string of the molecule is FC(F)(F)c1ccccc1OCc1cc(-c2ccoc2)c(COc2ccccc2C(F)(F)F)cc1C1=CCNCC1. The predicted octanol–water partition coefficient (Wildman–Crippen LogP) is 8.52. The van der Waals surface area contributed by atoms with E-state index in [0.29, 0.717) is 41.8 Å². The molecule has 0 bridgehead atoms. The molecular formula is C31H25F6NO3. The van der Waals surface area contributed by atoms with Crippen LogP contribution in [0.4, 0.5) is 26.3 Å². The zero-order valence-corrected chi connectivity index (χ0v) is 21.6. The molecule has 0 amide bonds. The maximum Gasteiger partial charge on any atom is 0.419 e. The van der Waals surface area contributed by atoms with E-state index in [4.69, 9.17) is 13.9 Å². The van der Waals surface area contributed by atoms with Crippen LogP contribution in [0, 0.1) is 0 Å². The van der Waals surface area contributed by atoms with Crippen molar-refractivity contribution in [2.45, 2.75) is 32.0 Å². The summed E-state index contributed by atoms with van der Waals surface area (Å²) in [6.45, 7) is 0.929. The summed E-state index contributed by atoms with van der Waals surface area (Å²) >= 11 is 0. The zero-order valence-electron chi connectivity index (χ0n) is 21.6. The number of furan rings is 1. The van der Waals surface area contributed by atoms with Crippen molar-refractivity contribution in [3.8, 4) is 22.6 Å². The summed E-state index contributed by atoms with van der Waals surface area (Å²) in [6.07, 6.45) is -3.62. The number of benzene rings is 3. The highest BCUT2D eigenvalue weighted by Gasteiger charge is 2.35. The van der Waals surface area contributed by atoms with Crippen LogP contribution in [0.25, 0.3) is 16.7 Å². The number of rotatable bonds is 8. The summed E-state index contributed by atoms with van der Waals surface area (Å²) in [6, 6.07) is 15.2. The van der Waals surface area contributed by atoms with Crippen molar-refractivity contribution in [3.05, 3.63) is 113 Å². The molecule has 0 saturated heterocycles. The molecule has 1 N–H and O–H groups in total. The van der Waals surface area contributed by atoms with Gasteiger partial charge in [-0.15, -0.1) is 0 Å². The molecule has 0 aliphatic carbocycles. The minimum Gasteiger partial charge on any atom is -0.488 e. The van der Waals surface area contributed by atoms with Crippen LogP contribution in [-0.2, 0) is 25.6 Å². The Kier molecular flexibility index (Phi) is 8.12. The number of para-hydroxylation sites is 2. The lowest BCUT2D eigenvalue weighted by atomic mass is 9.89. The molecule has 41 heavy (non-hydrogen) atoms. The Morgan fingerprint density at radius 1 is 0.732 bits per heavy atom. The van der Waals surface area contributed by atoms with Gasteiger partial charge in [0.1, 0.15) is 24.7 Å². The third-order valence-electron chi connectivity index (χ3n) is 6.72. The van der Waals surface area contributed by atoms with E-state index in [1.54, 1.807) is 12.1 Å². The van der Waals surface area contributed by atoms with Crippen LogP contribution < -0.4 is 14.8 Å². The molecular weight excluding hydrogens is 548 g/mol. The predicted molar refractivity (Wildman–Crippen MR) is 141 cm³/mol. The number of hydrogen-bond donors (Lipinski definition) is 1. The minimum absolute atomic E-state index is 0.171. The molecule has 5 rings (SSSR count). The van der Waals surface area contributed by atoms with Crippen LogP contribution in [0.1, 0.15) is 34.2 Å². The van der Waals surface area contributed by atoms with Crippen molar-refractivity contribution < 1.29 is 40.2 Å². The first-order chi connectivity index (χ1) is 19.6. The summed E-state index contributed by atoms with van der Waals surface area (Å²) in [5.41, 5.74) is 2.33. The highest BCUT2D eigenvalue weighted by Crippen LogP contribution is 2.39. The lowest BCUT2D eigenvalue weighted by Crippen LogP contribution is -2.20. The topological polar surface area (TPSA) is 43.6 Å². The smallest absolute Gasteiger partial charge is 0.419 e. The van der Waals surface area contributed by atoms with Gasteiger partial charge in [0, 0.05) is 12.1 Å². The number of ether oxygens (including phenoxy) is 2. The van der Waals surface area contributed by atoms with Gasteiger partial charge in [0.25, 0.3) is 0 Å². The van der Waals surface area contributed by atoms with Gasteiger partial charge in [0.15, 0.2) is 0 Å². The summed E-state index contributed by atoms with van der Waals surface area (Å²) in [5, 5.41) is 3.22. The molecule has 1 aliphatic heterocycles. The van der Waals surface area contributed by atoms with Crippen molar-refractivity contribution in [2.24, 2.45) is 0 Å². The Morgan fingerprint density at radius 2 is 1.29 bits per heavy atom. The molecule has 0 fully saturated rings. The molecule has 1 aliphatic rings. The van der Waals surface area contributed by atoms with Crippen LogP contribution in [0.15, 0.2) is 89.7 Å². The number of hydrogen-bond acceptors (Lipinski definition) is 4. The van der Waals surface area contributed by atoms with E-state index in [1.165, 1.54) is 48.9 Å². The van der Waals surface area contributed by atoms with E-state index in [0.717, 1.165) is 23.3 Å². The van der Waals surface area contributed by atoms with Gasteiger partial charge in [-0.05, 0) is 83.3 Å². The van der Waals surface area contributed by atoms with Crippen LogP contribution in [-0.4, -0.2) is 13.1 Å². The van der Waals surface area contributed by atoms with Crippen LogP contribution in [0.2, 0.25) is 0 Å². The van der Waals surface area contributed by atoms with Crippen molar-refractivity contribution in [3.63, 3.8) is 0 Å². The second-order valence-electron chi connectivity index (χ2n) is 9.43. The molecule has 4 nitrogen and oxygen atoms in total. The Balaban J connectivity index is 1.55. The fourth-order valence-corrected chi connectivity index (χ4v) is 4.75. The summed E-state index contributed by atoms with van der Waals surface area (Å²) in [5.74, 6) is -0.608. The molecule has 10 heteroatoms. The van der Waals surface area contributed by atoms with E-state index in [-0.39, 0.29) is 24.7 Å². The van der Waals surface area contributed by atoms with Gasteiger partial charge in [-0.2, -0.15) is 26.3 Å². The quantitative estimate of drug-likeness (QED) is 0.215. The molecule has 0 saturated carbocycles. The molecule has 0 atom stereocenters. The van der Waals surface area contributed by atoms with Crippen LogP contribution in [0.5, 0.6) is 11.5 Å². The van der Waals surface area contributed by atoms with Crippen molar-refractivity contribution >= 4 is 5.57 Å². The Bertz CT molecular complexity index is 1520. The van der Waals surface area contributed by atoms with E-state index in [1.807, 2.05) is 12.1 Å². The zero-order chi connectivity index (χ0) is 29.0. The third kappa shape index (κ3) is 6.59. The molecule has 0 unspecified atom stereocenters. The Hall–Kier alpha value is -4.18. The molecule has 0 spiro atoms. The maximum atomic E-state index is 13.6. The first kappa shape index (κ1) is 28.4. The normalized spacial score (nSPS) is 14.0. The first-order valence-corrected chi connectivity index (χ1v) is 12.8. The van der Waals surface area contributed by atoms with E-state index in [9.17, 15) is 26.3 Å². The number of alkyl halides is 6. The second kappa shape index (κ2) is 11.7. The van der Waals surface area contributed by atoms with Gasteiger partial charge in [-0.25, -0.2) is 0 Å². The van der Waals surface area contributed by atoms with Gasteiger partial charge in [-0.3, -0.25) is 0 Å². The number of nitrogens with one attached hydrogen (secondary N) is 1. The molecule has 4 aromatic rings. The molecule has 0 radical (unpaired) electrons. The lowest BCUT2D eigenvalue weighted by Gasteiger charge is -2.22. The highest BCUT2D eigenvalue weighted by atomic mass is 19.4. The van der Waals surface area contributed by atoms with Gasteiger partial charge in [0.2, 0.25) is 0 Å². The molecule has 2 heterocycles. The second-order valence-corrected chi connectivity index (χ2v) is 9.43. The van der Waals surface area contributed by atoms with E-state index in [2.05, 4.69) is 5.32 Å². The number of halogens is 6. The van der Waals surface area contributed by atoms with Crippen LogP contribution >= 0.6 is 0 Å². The minimum atomic E-state index is -4.59. The average Bonchev–Trinajstić information content (AvgIpc) is 3.50. The Morgan fingerprint density at radius 3 is 1.80 bits per heavy atom.